The molecule has 0 bridgehead atoms. The number of methoxy groups -OCH3 is 1. The zero-order valence-electron chi connectivity index (χ0n) is 15.8. The molecule has 0 heterocycles. The maximum absolute atomic E-state index is 13.0. The number of benzene rings is 3. The number of nitrogens with two attached hydrogens (primary N) is 1. The van der Waals surface area contributed by atoms with Gasteiger partial charge in [0.05, 0.1) is 12.7 Å². The van der Waals surface area contributed by atoms with Gasteiger partial charge in [-0.05, 0) is 41.3 Å². The second-order valence-corrected chi connectivity index (χ2v) is 6.38. The quantitative estimate of drug-likeness (QED) is 0.588. The average Bonchev–Trinajstić information content (AvgIpc) is 2.74. The summed E-state index contributed by atoms with van der Waals surface area (Å²) in [5.41, 5.74) is 10.5. The van der Waals surface area contributed by atoms with Crippen LogP contribution in [0.25, 0.3) is 11.1 Å². The molecule has 5 heteroatoms. The van der Waals surface area contributed by atoms with E-state index < -0.39 is 0 Å². The number of hydrogen-bond acceptors (Lipinski definition) is 4. The first-order valence-electron chi connectivity index (χ1n) is 9.14. The monoisotopic (exact) mass is 376 g/mol. The lowest BCUT2D eigenvalue weighted by molar-refractivity contribution is 0.102. The van der Waals surface area contributed by atoms with E-state index in [1.54, 1.807) is 13.2 Å². The number of hydrogen-bond donors (Lipinski definition) is 3. The van der Waals surface area contributed by atoms with Crippen molar-refractivity contribution in [2.24, 2.45) is 5.73 Å². The van der Waals surface area contributed by atoms with E-state index in [4.69, 9.17) is 10.5 Å². The van der Waals surface area contributed by atoms with Crippen molar-refractivity contribution in [3.8, 4) is 16.9 Å². The van der Waals surface area contributed by atoms with E-state index in [1.165, 1.54) is 0 Å². The smallest absolute Gasteiger partial charge is 0.259 e. The third-order valence-corrected chi connectivity index (χ3v) is 4.58. The highest BCUT2D eigenvalue weighted by atomic mass is 16.5. The van der Waals surface area contributed by atoms with Crippen molar-refractivity contribution in [3.05, 3.63) is 83.4 Å². The number of aliphatic hydroxyl groups is 1. The second kappa shape index (κ2) is 9.17. The SMILES string of the molecule is COc1c(C(=O)Nc2ccccc2CCO)cccc1-c1cccc(CN)c1. The summed E-state index contributed by atoms with van der Waals surface area (Å²) in [6.07, 6.45) is 0.472. The molecule has 0 fully saturated rings. The maximum atomic E-state index is 13.0. The normalized spacial score (nSPS) is 10.5. The molecule has 1 amide bonds. The number of ether oxygens (including phenoxy) is 1. The first kappa shape index (κ1) is 19.6. The van der Waals surface area contributed by atoms with Crippen LogP contribution in [0.1, 0.15) is 21.5 Å². The van der Waals surface area contributed by atoms with Crippen LogP contribution in [-0.2, 0) is 13.0 Å². The Morgan fingerprint density at radius 3 is 2.61 bits per heavy atom. The lowest BCUT2D eigenvalue weighted by atomic mass is 9.99. The molecule has 0 aliphatic heterocycles. The minimum atomic E-state index is -0.265. The Labute approximate surface area is 164 Å². The fraction of sp³-hybridized carbons (Fsp3) is 0.174. The highest BCUT2D eigenvalue weighted by molar-refractivity contribution is 6.08. The second-order valence-electron chi connectivity index (χ2n) is 6.38. The van der Waals surface area contributed by atoms with Crippen molar-refractivity contribution in [2.75, 3.05) is 19.0 Å². The summed E-state index contributed by atoms with van der Waals surface area (Å²) < 4.78 is 5.61. The van der Waals surface area contributed by atoms with Gasteiger partial charge in [-0.3, -0.25) is 4.79 Å². The summed E-state index contributed by atoms with van der Waals surface area (Å²) in [5, 5.41) is 12.2. The molecule has 0 radical (unpaired) electrons. The Kier molecular flexibility index (Phi) is 6.42. The molecule has 0 saturated carbocycles. The lowest BCUT2D eigenvalue weighted by Gasteiger charge is -2.15. The number of aliphatic hydroxyl groups excluding tert-OH is 1. The van der Waals surface area contributed by atoms with Crippen molar-refractivity contribution < 1.29 is 14.6 Å². The van der Waals surface area contributed by atoms with Crippen LogP contribution in [0.2, 0.25) is 0 Å². The van der Waals surface area contributed by atoms with Crippen LogP contribution >= 0.6 is 0 Å². The van der Waals surface area contributed by atoms with Crippen LogP contribution in [0.4, 0.5) is 5.69 Å². The van der Waals surface area contributed by atoms with Gasteiger partial charge in [0.15, 0.2) is 0 Å². The van der Waals surface area contributed by atoms with Gasteiger partial charge in [0.25, 0.3) is 5.91 Å². The van der Waals surface area contributed by atoms with Gasteiger partial charge in [-0.1, -0.05) is 48.5 Å². The molecule has 0 saturated heterocycles. The molecule has 0 aliphatic carbocycles. The number of para-hydroxylation sites is 2. The molecule has 0 spiro atoms. The van der Waals surface area contributed by atoms with Gasteiger partial charge < -0.3 is 20.9 Å². The van der Waals surface area contributed by atoms with Gasteiger partial charge in [-0.15, -0.1) is 0 Å². The van der Waals surface area contributed by atoms with E-state index in [2.05, 4.69) is 5.32 Å². The number of amides is 1. The topological polar surface area (TPSA) is 84.6 Å². The zero-order valence-corrected chi connectivity index (χ0v) is 15.8. The fourth-order valence-electron chi connectivity index (χ4n) is 3.20. The summed E-state index contributed by atoms with van der Waals surface area (Å²) in [6, 6.07) is 20.8. The van der Waals surface area contributed by atoms with Crippen molar-refractivity contribution in [2.45, 2.75) is 13.0 Å². The van der Waals surface area contributed by atoms with Crippen LogP contribution in [0, 0.1) is 0 Å². The lowest BCUT2D eigenvalue weighted by Crippen LogP contribution is -2.15. The van der Waals surface area contributed by atoms with E-state index in [0.29, 0.717) is 30.0 Å². The first-order valence-corrected chi connectivity index (χ1v) is 9.14. The molecule has 4 N–H and O–H groups in total. The molecule has 0 aliphatic rings. The number of rotatable bonds is 7. The molecule has 144 valence electrons. The van der Waals surface area contributed by atoms with Crippen molar-refractivity contribution >= 4 is 11.6 Å². The van der Waals surface area contributed by atoms with Gasteiger partial charge >= 0.3 is 0 Å². The van der Waals surface area contributed by atoms with Crippen LogP contribution in [-0.4, -0.2) is 24.7 Å². The molecule has 5 nitrogen and oxygen atoms in total. The predicted octanol–water partition coefficient (Wildman–Crippen LogP) is 3.61. The third-order valence-electron chi connectivity index (χ3n) is 4.58. The number of carbonyl (C=O) groups excluding carboxylic acids is 1. The largest absolute Gasteiger partial charge is 0.495 e. The predicted molar refractivity (Wildman–Crippen MR) is 112 cm³/mol. The van der Waals surface area contributed by atoms with Gasteiger partial charge in [-0.25, -0.2) is 0 Å². The summed E-state index contributed by atoms with van der Waals surface area (Å²) in [7, 11) is 1.56. The molecule has 3 aromatic carbocycles. The van der Waals surface area contributed by atoms with Crippen LogP contribution in [0.3, 0.4) is 0 Å². The minimum absolute atomic E-state index is 0.0170. The molecular weight excluding hydrogens is 352 g/mol. The van der Waals surface area contributed by atoms with Gasteiger partial charge in [0, 0.05) is 24.4 Å². The molecule has 0 unspecified atom stereocenters. The van der Waals surface area contributed by atoms with Crippen molar-refractivity contribution in [1.29, 1.82) is 0 Å². The molecule has 28 heavy (non-hydrogen) atoms. The molecule has 0 atom stereocenters. The Hall–Kier alpha value is -3.15. The molecule has 0 aromatic heterocycles. The van der Waals surface area contributed by atoms with Gasteiger partial charge in [0.2, 0.25) is 0 Å². The molecular formula is C23H24N2O3. The minimum Gasteiger partial charge on any atom is -0.495 e. The summed E-state index contributed by atoms with van der Waals surface area (Å²) >= 11 is 0. The number of carbonyl (C=O) groups is 1. The molecule has 3 rings (SSSR count). The van der Waals surface area contributed by atoms with E-state index in [9.17, 15) is 9.90 Å². The Bertz CT molecular complexity index is 970. The Balaban J connectivity index is 1.97. The highest BCUT2D eigenvalue weighted by Gasteiger charge is 2.18. The maximum Gasteiger partial charge on any atom is 0.259 e. The summed E-state index contributed by atoms with van der Waals surface area (Å²) in [5.74, 6) is 0.243. The van der Waals surface area contributed by atoms with E-state index in [0.717, 1.165) is 22.3 Å². The fourth-order valence-corrected chi connectivity index (χ4v) is 3.20. The number of anilines is 1. The van der Waals surface area contributed by atoms with Crippen molar-refractivity contribution in [3.63, 3.8) is 0 Å². The number of nitrogens with one attached hydrogen (secondary N) is 1. The van der Waals surface area contributed by atoms with E-state index in [1.807, 2.05) is 60.7 Å². The Morgan fingerprint density at radius 2 is 1.86 bits per heavy atom. The van der Waals surface area contributed by atoms with Crippen LogP contribution in [0.5, 0.6) is 5.75 Å². The van der Waals surface area contributed by atoms with Crippen LogP contribution < -0.4 is 15.8 Å². The Morgan fingerprint density at radius 1 is 1.07 bits per heavy atom. The summed E-state index contributed by atoms with van der Waals surface area (Å²) in [4.78, 5) is 13.0. The first-order chi connectivity index (χ1) is 13.7. The molecule has 3 aromatic rings. The van der Waals surface area contributed by atoms with Crippen molar-refractivity contribution in [1.82, 2.24) is 0 Å². The van der Waals surface area contributed by atoms with E-state index >= 15 is 0 Å². The van der Waals surface area contributed by atoms with Gasteiger partial charge in [0.1, 0.15) is 5.75 Å². The summed E-state index contributed by atoms with van der Waals surface area (Å²) in [6.45, 7) is 0.459. The van der Waals surface area contributed by atoms with E-state index in [-0.39, 0.29) is 12.5 Å². The third kappa shape index (κ3) is 4.22. The zero-order chi connectivity index (χ0) is 19.9. The van der Waals surface area contributed by atoms with Gasteiger partial charge in [-0.2, -0.15) is 0 Å². The van der Waals surface area contributed by atoms with Crippen LogP contribution in [0.15, 0.2) is 66.7 Å². The standard InChI is InChI=1S/C23H24N2O3/c1-28-22-19(18-8-4-6-16(14-18)15-24)9-5-10-20(22)23(27)25-21-11-3-2-7-17(21)12-13-26/h2-11,14,26H,12-13,15,24H2,1H3,(H,25,27). The average molecular weight is 376 g/mol. The highest BCUT2D eigenvalue weighted by Crippen LogP contribution is 2.34.